The number of aryl methyl sites for hydroxylation is 1. The van der Waals surface area contributed by atoms with Crippen molar-refractivity contribution < 1.29 is 23.5 Å². The van der Waals surface area contributed by atoms with E-state index in [2.05, 4.69) is 10.1 Å². The van der Waals surface area contributed by atoms with Crippen LogP contribution >= 0.6 is 0 Å². The van der Waals surface area contributed by atoms with Crippen LogP contribution in [-0.2, 0) is 27.6 Å². The minimum Gasteiger partial charge on any atom is -0.487 e. The third-order valence-electron chi connectivity index (χ3n) is 5.55. The molecule has 0 unspecified atom stereocenters. The van der Waals surface area contributed by atoms with Crippen LogP contribution in [0.3, 0.4) is 0 Å². The smallest absolute Gasteiger partial charge is 0.305 e. The maximum absolute atomic E-state index is 11.6. The first-order chi connectivity index (χ1) is 17.6. The van der Waals surface area contributed by atoms with E-state index >= 15 is 0 Å². The highest BCUT2D eigenvalue weighted by atomic mass is 16.6. The van der Waals surface area contributed by atoms with Crippen LogP contribution in [0.5, 0.6) is 5.75 Å². The van der Waals surface area contributed by atoms with Gasteiger partial charge >= 0.3 is 5.97 Å². The number of methoxy groups -OCH3 is 1. The SMILES string of the molecule is COC(=O)CC/C(=N\OCc1ccccc1OCc1nc(-c2ccccc2)oc1C)c1ccccc1. The van der Waals surface area contributed by atoms with Gasteiger partial charge in [0, 0.05) is 17.5 Å². The number of hydrogen-bond acceptors (Lipinski definition) is 7. The van der Waals surface area contributed by atoms with E-state index < -0.39 is 0 Å². The minimum atomic E-state index is -0.295. The minimum absolute atomic E-state index is 0.206. The Morgan fingerprint density at radius 1 is 0.889 bits per heavy atom. The van der Waals surface area contributed by atoms with Gasteiger partial charge in [-0.3, -0.25) is 4.79 Å². The van der Waals surface area contributed by atoms with Crippen molar-refractivity contribution in [3.63, 3.8) is 0 Å². The summed E-state index contributed by atoms with van der Waals surface area (Å²) in [7, 11) is 1.37. The first-order valence-corrected chi connectivity index (χ1v) is 11.7. The molecule has 36 heavy (non-hydrogen) atoms. The maximum Gasteiger partial charge on any atom is 0.305 e. The summed E-state index contributed by atoms with van der Waals surface area (Å²) in [5, 5.41) is 4.33. The van der Waals surface area contributed by atoms with Gasteiger partial charge in [0.1, 0.15) is 30.4 Å². The summed E-state index contributed by atoms with van der Waals surface area (Å²) in [6.45, 7) is 2.34. The lowest BCUT2D eigenvalue weighted by molar-refractivity contribution is -0.140. The van der Waals surface area contributed by atoms with E-state index in [1.807, 2.05) is 91.9 Å². The zero-order valence-electron chi connectivity index (χ0n) is 20.3. The van der Waals surface area contributed by atoms with Gasteiger partial charge in [0.15, 0.2) is 0 Å². The maximum atomic E-state index is 11.6. The summed E-state index contributed by atoms with van der Waals surface area (Å²) in [5.74, 6) is 1.66. The monoisotopic (exact) mass is 484 g/mol. The molecule has 3 aromatic carbocycles. The second-order valence-corrected chi connectivity index (χ2v) is 8.04. The predicted molar refractivity (Wildman–Crippen MR) is 136 cm³/mol. The van der Waals surface area contributed by atoms with Gasteiger partial charge in [-0.15, -0.1) is 0 Å². The normalized spacial score (nSPS) is 11.2. The van der Waals surface area contributed by atoms with Crippen molar-refractivity contribution in [1.29, 1.82) is 0 Å². The van der Waals surface area contributed by atoms with E-state index in [-0.39, 0.29) is 25.6 Å². The van der Waals surface area contributed by atoms with Crippen molar-refractivity contribution in [3.05, 3.63) is 108 Å². The lowest BCUT2D eigenvalue weighted by atomic mass is 10.1. The highest BCUT2D eigenvalue weighted by molar-refractivity contribution is 6.01. The number of para-hydroxylation sites is 1. The quantitative estimate of drug-likeness (QED) is 0.145. The second kappa shape index (κ2) is 12.4. The Balaban J connectivity index is 1.42. The molecule has 0 saturated heterocycles. The lowest BCUT2D eigenvalue weighted by Gasteiger charge is -2.11. The number of aromatic nitrogens is 1. The fraction of sp³-hybridized carbons (Fsp3) is 0.207. The van der Waals surface area contributed by atoms with E-state index in [0.29, 0.717) is 29.5 Å². The third-order valence-corrected chi connectivity index (χ3v) is 5.55. The Morgan fingerprint density at radius 2 is 1.58 bits per heavy atom. The van der Waals surface area contributed by atoms with Gasteiger partial charge in [0.25, 0.3) is 0 Å². The van der Waals surface area contributed by atoms with Gasteiger partial charge in [-0.25, -0.2) is 4.98 Å². The number of nitrogens with zero attached hydrogens (tertiary/aromatic N) is 2. The zero-order chi connectivity index (χ0) is 25.2. The van der Waals surface area contributed by atoms with Crippen LogP contribution in [0.15, 0.2) is 94.5 Å². The van der Waals surface area contributed by atoms with E-state index in [1.54, 1.807) is 0 Å². The lowest BCUT2D eigenvalue weighted by Crippen LogP contribution is -2.08. The molecule has 0 fully saturated rings. The van der Waals surface area contributed by atoms with Crippen LogP contribution in [0.4, 0.5) is 0 Å². The average Bonchev–Trinajstić information content (AvgIpc) is 3.31. The number of carbonyl (C=O) groups is 1. The van der Waals surface area contributed by atoms with E-state index in [4.69, 9.17) is 18.7 Å². The van der Waals surface area contributed by atoms with Gasteiger partial charge in [-0.05, 0) is 30.7 Å². The van der Waals surface area contributed by atoms with Crippen molar-refractivity contribution in [1.82, 2.24) is 4.98 Å². The van der Waals surface area contributed by atoms with Crippen LogP contribution in [-0.4, -0.2) is 23.8 Å². The van der Waals surface area contributed by atoms with Crippen molar-refractivity contribution >= 4 is 11.7 Å². The number of benzene rings is 3. The van der Waals surface area contributed by atoms with Crippen LogP contribution in [0.1, 0.15) is 35.4 Å². The Labute approximate surface area is 210 Å². The molecule has 0 atom stereocenters. The molecule has 1 heterocycles. The van der Waals surface area contributed by atoms with Gasteiger partial charge in [-0.1, -0.05) is 71.9 Å². The molecule has 0 spiro atoms. The molecule has 1 aromatic heterocycles. The fourth-order valence-electron chi connectivity index (χ4n) is 3.55. The molecule has 0 aliphatic rings. The van der Waals surface area contributed by atoms with E-state index in [0.717, 1.165) is 22.4 Å². The number of rotatable bonds is 11. The zero-order valence-corrected chi connectivity index (χ0v) is 20.3. The van der Waals surface area contributed by atoms with Crippen LogP contribution in [0, 0.1) is 6.92 Å². The van der Waals surface area contributed by atoms with Crippen molar-refractivity contribution in [2.45, 2.75) is 33.0 Å². The van der Waals surface area contributed by atoms with Crippen molar-refractivity contribution in [2.24, 2.45) is 5.16 Å². The molecular weight excluding hydrogens is 456 g/mol. The molecule has 0 amide bonds. The molecule has 184 valence electrons. The van der Waals surface area contributed by atoms with E-state index in [9.17, 15) is 4.79 Å². The Bertz CT molecular complexity index is 1300. The molecule has 0 N–H and O–H groups in total. The molecule has 0 saturated carbocycles. The van der Waals surface area contributed by atoms with E-state index in [1.165, 1.54) is 7.11 Å². The predicted octanol–water partition coefficient (Wildman–Crippen LogP) is 6.10. The molecular formula is C29H28N2O5. The number of hydrogen-bond donors (Lipinski definition) is 0. The molecule has 4 aromatic rings. The summed E-state index contributed by atoms with van der Waals surface area (Å²) >= 11 is 0. The molecule has 0 aliphatic heterocycles. The van der Waals surface area contributed by atoms with Crippen LogP contribution in [0.2, 0.25) is 0 Å². The van der Waals surface area contributed by atoms with Crippen LogP contribution < -0.4 is 4.74 Å². The number of carbonyl (C=O) groups excluding carboxylic acids is 1. The molecule has 7 nitrogen and oxygen atoms in total. The molecule has 0 bridgehead atoms. The van der Waals surface area contributed by atoms with Crippen molar-refractivity contribution in [2.75, 3.05) is 7.11 Å². The summed E-state index contributed by atoms with van der Waals surface area (Å²) in [6, 6.07) is 27.0. The summed E-state index contributed by atoms with van der Waals surface area (Å²) in [5.41, 5.74) is 4.05. The number of oxime groups is 1. The fourth-order valence-corrected chi connectivity index (χ4v) is 3.55. The van der Waals surface area contributed by atoms with Gasteiger partial charge in [0.2, 0.25) is 5.89 Å². The molecule has 0 radical (unpaired) electrons. The third kappa shape index (κ3) is 6.60. The number of esters is 1. The first-order valence-electron chi connectivity index (χ1n) is 11.7. The largest absolute Gasteiger partial charge is 0.487 e. The highest BCUT2D eigenvalue weighted by Gasteiger charge is 2.13. The second-order valence-electron chi connectivity index (χ2n) is 8.04. The number of ether oxygens (including phenoxy) is 2. The first kappa shape index (κ1) is 24.7. The standard InChI is InChI=1S/C29H28N2O5/c1-21-26(30-29(36-21)23-13-7-4-8-14-23)20-34-27-16-10-9-15-24(27)19-35-31-25(17-18-28(32)33-2)22-11-5-3-6-12-22/h3-16H,17-20H2,1-2H3/b31-25+. The molecule has 4 rings (SSSR count). The Hall–Kier alpha value is -4.39. The van der Waals surface area contributed by atoms with Gasteiger partial charge in [0.05, 0.1) is 19.2 Å². The number of oxazole rings is 1. The summed E-state index contributed by atoms with van der Waals surface area (Å²) in [4.78, 5) is 21.9. The van der Waals surface area contributed by atoms with Gasteiger partial charge in [-0.2, -0.15) is 0 Å². The van der Waals surface area contributed by atoms with Crippen LogP contribution in [0.25, 0.3) is 11.5 Å². The average molecular weight is 485 g/mol. The Kier molecular flexibility index (Phi) is 8.48. The Morgan fingerprint density at radius 3 is 2.33 bits per heavy atom. The summed E-state index contributed by atoms with van der Waals surface area (Å²) < 4.78 is 16.7. The topological polar surface area (TPSA) is 83.2 Å². The highest BCUT2D eigenvalue weighted by Crippen LogP contribution is 2.24. The van der Waals surface area contributed by atoms with Gasteiger partial charge < -0.3 is 18.7 Å². The molecule has 0 aliphatic carbocycles. The molecule has 7 heteroatoms. The summed E-state index contributed by atoms with van der Waals surface area (Å²) in [6.07, 6.45) is 0.624. The van der Waals surface area contributed by atoms with Crippen molar-refractivity contribution in [3.8, 4) is 17.2 Å².